The van der Waals surface area contributed by atoms with Crippen LogP contribution in [0, 0.1) is 0 Å². The van der Waals surface area contributed by atoms with E-state index in [1.165, 1.54) is 0 Å². The van der Waals surface area contributed by atoms with Gasteiger partial charge in [0.05, 0.1) is 0 Å². The second-order valence-electron chi connectivity index (χ2n) is 10.9. The van der Waals surface area contributed by atoms with Crippen LogP contribution in [0.15, 0.2) is 121 Å². The third-order valence-corrected chi connectivity index (χ3v) is 8.29. The van der Waals surface area contributed by atoms with Crippen LogP contribution in [-0.4, -0.2) is 12.3 Å². The van der Waals surface area contributed by atoms with Gasteiger partial charge in [0.25, 0.3) is 0 Å². The Morgan fingerprint density at radius 2 is 0.935 bits per heavy atom. The molecule has 0 atom stereocenters. The first kappa shape index (κ1) is 28.9. The molecule has 226 valence electrons. The van der Waals surface area contributed by atoms with Gasteiger partial charge in [0, 0.05) is 32.3 Å². The van der Waals surface area contributed by atoms with Crippen LogP contribution in [0.5, 0.6) is 23.0 Å². The summed E-state index contributed by atoms with van der Waals surface area (Å²) in [6.07, 6.45) is -0.307. The number of carbonyl (C=O) groups is 2. The van der Waals surface area contributed by atoms with E-state index in [2.05, 4.69) is 13.8 Å². The van der Waals surface area contributed by atoms with E-state index in [1.54, 1.807) is 12.1 Å². The molecular weight excluding hydrogens is 576 g/mol. The lowest BCUT2D eigenvalue weighted by molar-refractivity contribution is 0.151. The van der Waals surface area contributed by atoms with Gasteiger partial charge < -0.3 is 18.9 Å². The highest BCUT2D eigenvalue weighted by Crippen LogP contribution is 2.46. The first-order valence-corrected chi connectivity index (χ1v) is 15.3. The molecule has 0 bridgehead atoms. The van der Waals surface area contributed by atoms with Gasteiger partial charge in [-0.1, -0.05) is 123 Å². The summed E-state index contributed by atoms with van der Waals surface area (Å²) in [4.78, 5) is 26.9. The number of fused-ring (bicyclic) bond motifs is 4. The van der Waals surface area contributed by atoms with E-state index in [0.29, 0.717) is 51.0 Å². The Labute approximate surface area is 265 Å². The van der Waals surface area contributed by atoms with E-state index in [-0.39, 0.29) is 0 Å². The lowest BCUT2D eigenvalue weighted by Gasteiger charge is -2.20. The van der Waals surface area contributed by atoms with Crippen molar-refractivity contribution >= 4 is 55.4 Å². The number of hydrogen-bond acceptors (Lipinski definition) is 6. The van der Waals surface area contributed by atoms with Crippen LogP contribution in [0.4, 0.5) is 9.59 Å². The number of benzene rings is 7. The molecular formula is C40H30O6. The van der Waals surface area contributed by atoms with Crippen molar-refractivity contribution in [1.29, 1.82) is 0 Å². The molecule has 6 heteroatoms. The topological polar surface area (TPSA) is 71.1 Å². The van der Waals surface area contributed by atoms with Crippen molar-refractivity contribution < 1.29 is 28.5 Å². The largest absolute Gasteiger partial charge is 0.519 e. The molecule has 6 nitrogen and oxygen atoms in total. The summed E-state index contributed by atoms with van der Waals surface area (Å²) < 4.78 is 23.7. The highest BCUT2D eigenvalue weighted by Gasteiger charge is 2.25. The van der Waals surface area contributed by atoms with Gasteiger partial charge in [-0.05, 0) is 46.9 Å². The maximum absolute atomic E-state index is 13.5. The Kier molecular flexibility index (Phi) is 7.69. The number of rotatable bonds is 6. The molecule has 0 heterocycles. The molecule has 0 spiro atoms. The van der Waals surface area contributed by atoms with Crippen LogP contribution in [0.1, 0.15) is 25.0 Å². The molecule has 0 saturated carbocycles. The third-order valence-electron chi connectivity index (χ3n) is 8.29. The molecule has 7 aromatic carbocycles. The average molecular weight is 607 g/mol. The number of hydrogen-bond donors (Lipinski definition) is 0. The predicted octanol–water partition coefficient (Wildman–Crippen LogP) is 10.6. The normalized spacial score (nSPS) is 11.2. The molecule has 0 aliphatic heterocycles. The zero-order chi connectivity index (χ0) is 31.6. The smallest absolute Gasteiger partial charge is 0.394 e. The molecule has 0 N–H and O–H groups in total. The van der Waals surface area contributed by atoms with Gasteiger partial charge in [-0.2, -0.15) is 0 Å². The second-order valence-corrected chi connectivity index (χ2v) is 10.9. The molecule has 0 amide bonds. The molecule has 0 saturated heterocycles. The van der Waals surface area contributed by atoms with E-state index in [4.69, 9.17) is 18.9 Å². The summed E-state index contributed by atoms with van der Waals surface area (Å²) in [6, 6.07) is 37.7. The van der Waals surface area contributed by atoms with E-state index in [0.717, 1.165) is 39.1 Å². The summed E-state index contributed by atoms with van der Waals surface area (Å²) in [5, 5.41) is 5.98. The minimum atomic E-state index is -0.871. The first-order valence-electron chi connectivity index (χ1n) is 15.3. The minimum Gasteiger partial charge on any atom is -0.394 e. The van der Waals surface area contributed by atoms with Crippen LogP contribution < -0.4 is 18.9 Å². The van der Waals surface area contributed by atoms with Crippen molar-refractivity contribution in [2.75, 3.05) is 0 Å². The van der Waals surface area contributed by atoms with Crippen molar-refractivity contribution in [1.82, 2.24) is 0 Å². The van der Waals surface area contributed by atoms with Crippen molar-refractivity contribution in [3.05, 3.63) is 132 Å². The minimum absolute atomic E-state index is 0.322. The fraction of sp³-hybridized carbons (Fsp3) is 0.100. The van der Waals surface area contributed by atoms with E-state index >= 15 is 0 Å². The Bertz CT molecular complexity index is 2280. The molecule has 0 aliphatic carbocycles. The van der Waals surface area contributed by atoms with Crippen molar-refractivity contribution in [3.8, 4) is 23.0 Å². The first-order chi connectivity index (χ1) is 22.6. The van der Waals surface area contributed by atoms with Crippen molar-refractivity contribution in [2.45, 2.75) is 26.7 Å². The molecule has 0 aliphatic rings. The van der Waals surface area contributed by atoms with Gasteiger partial charge in [-0.3, -0.25) is 0 Å². The van der Waals surface area contributed by atoms with Gasteiger partial charge in [0.1, 0.15) is 17.2 Å². The predicted molar refractivity (Wildman–Crippen MR) is 181 cm³/mol. The van der Waals surface area contributed by atoms with Gasteiger partial charge in [-0.25, -0.2) is 9.59 Å². The Hall–Kier alpha value is -5.88. The summed E-state index contributed by atoms with van der Waals surface area (Å²) in [7, 11) is 0. The third kappa shape index (κ3) is 5.24. The van der Waals surface area contributed by atoms with Crippen molar-refractivity contribution in [3.63, 3.8) is 0 Å². The second kappa shape index (κ2) is 12.3. The zero-order valence-electron chi connectivity index (χ0n) is 25.4. The standard InChI is InChI=1S/C40H30O6/c1-3-25-23-24-33-36(28(25)4-2)38(46-40(42)44-35-22-12-16-27-14-6-8-18-30(27)35)32-20-10-9-19-31(32)37(33)45-39(41)43-34-21-11-15-26-13-5-7-17-29(26)34/h5-24H,3-4H2,1-2H3. The summed E-state index contributed by atoms with van der Waals surface area (Å²) in [5.74, 6) is 1.47. The lowest BCUT2D eigenvalue weighted by Crippen LogP contribution is -2.16. The van der Waals surface area contributed by atoms with Crippen LogP contribution >= 0.6 is 0 Å². The SMILES string of the molecule is CCc1ccc2c(OC(=O)Oc3cccc4ccccc34)c3ccccc3c(OC(=O)Oc3cccc4ccccc34)c2c1CC. The number of aryl methyl sites for hydroxylation is 2. The van der Waals surface area contributed by atoms with Crippen LogP contribution in [0.2, 0.25) is 0 Å². The molecule has 0 radical (unpaired) electrons. The quantitative estimate of drug-likeness (QED) is 0.107. The Balaban J connectivity index is 1.33. The van der Waals surface area contributed by atoms with Crippen LogP contribution in [-0.2, 0) is 12.8 Å². The van der Waals surface area contributed by atoms with Crippen LogP contribution in [0.3, 0.4) is 0 Å². The molecule has 7 aromatic rings. The molecule has 0 aromatic heterocycles. The fourth-order valence-electron chi connectivity index (χ4n) is 6.21. The van der Waals surface area contributed by atoms with E-state index in [1.807, 2.05) is 109 Å². The summed E-state index contributed by atoms with van der Waals surface area (Å²) in [5.41, 5.74) is 2.09. The molecule has 0 fully saturated rings. The molecule has 0 unspecified atom stereocenters. The lowest BCUT2D eigenvalue weighted by atomic mass is 9.91. The van der Waals surface area contributed by atoms with E-state index < -0.39 is 12.3 Å². The summed E-state index contributed by atoms with van der Waals surface area (Å²) >= 11 is 0. The fourth-order valence-corrected chi connectivity index (χ4v) is 6.21. The number of carbonyl (C=O) groups excluding carboxylic acids is 2. The average Bonchev–Trinajstić information content (AvgIpc) is 3.09. The Morgan fingerprint density at radius 3 is 1.48 bits per heavy atom. The molecule has 7 rings (SSSR count). The van der Waals surface area contributed by atoms with Gasteiger partial charge in [0.15, 0.2) is 5.75 Å². The van der Waals surface area contributed by atoms with E-state index in [9.17, 15) is 9.59 Å². The highest BCUT2D eigenvalue weighted by atomic mass is 16.7. The maximum Gasteiger partial charge on any atom is 0.519 e. The monoisotopic (exact) mass is 606 g/mol. The van der Waals surface area contributed by atoms with Gasteiger partial charge >= 0.3 is 12.3 Å². The summed E-state index contributed by atoms with van der Waals surface area (Å²) in [6.45, 7) is 4.13. The van der Waals surface area contributed by atoms with Crippen molar-refractivity contribution in [2.24, 2.45) is 0 Å². The van der Waals surface area contributed by atoms with Gasteiger partial charge in [0.2, 0.25) is 0 Å². The zero-order valence-corrected chi connectivity index (χ0v) is 25.4. The highest BCUT2D eigenvalue weighted by molar-refractivity contribution is 6.14. The van der Waals surface area contributed by atoms with Gasteiger partial charge in [-0.15, -0.1) is 0 Å². The number of ether oxygens (including phenoxy) is 4. The molecule has 46 heavy (non-hydrogen) atoms. The Morgan fingerprint density at radius 1 is 0.457 bits per heavy atom. The van der Waals surface area contributed by atoms with Crippen LogP contribution in [0.25, 0.3) is 43.1 Å². The maximum atomic E-state index is 13.5.